The van der Waals surface area contributed by atoms with Crippen LogP contribution in [-0.2, 0) is 4.79 Å². The molecular weight excluding hydrogens is 420 g/mol. The number of thiophene rings is 1. The average Bonchev–Trinajstić information content (AvgIpc) is 3.18. The van der Waals surface area contributed by atoms with Crippen LogP contribution in [0.4, 0.5) is 5.69 Å². The number of amides is 1. The lowest BCUT2D eigenvalue weighted by molar-refractivity contribution is -0.111. The molecule has 170 valence electrons. The van der Waals surface area contributed by atoms with Gasteiger partial charge in [-0.15, -0.1) is 11.3 Å². The number of ether oxygens (including phenoxy) is 2. The van der Waals surface area contributed by atoms with Crippen molar-refractivity contribution >= 4 is 39.1 Å². The van der Waals surface area contributed by atoms with Crippen LogP contribution in [0.25, 0.3) is 16.2 Å². The van der Waals surface area contributed by atoms with E-state index in [2.05, 4.69) is 55.4 Å². The molecule has 0 saturated carbocycles. The van der Waals surface area contributed by atoms with Crippen molar-refractivity contribution in [3.05, 3.63) is 59.5 Å². The van der Waals surface area contributed by atoms with Crippen LogP contribution in [0.1, 0.15) is 33.3 Å². The van der Waals surface area contributed by atoms with E-state index in [1.165, 1.54) is 4.70 Å². The Hall–Kier alpha value is -2.83. The lowest BCUT2D eigenvalue weighted by Gasteiger charge is -2.30. The van der Waals surface area contributed by atoms with Crippen LogP contribution in [0.5, 0.6) is 11.5 Å². The quantitative estimate of drug-likeness (QED) is 0.380. The van der Waals surface area contributed by atoms with Crippen LogP contribution < -0.4 is 14.8 Å². The Morgan fingerprint density at radius 1 is 1.09 bits per heavy atom. The molecule has 3 rings (SSSR count). The number of nitrogens with one attached hydrogen (secondary N) is 1. The minimum Gasteiger partial charge on any atom is -0.493 e. The van der Waals surface area contributed by atoms with Crippen molar-refractivity contribution in [1.82, 2.24) is 4.90 Å². The van der Waals surface area contributed by atoms with E-state index in [4.69, 9.17) is 9.47 Å². The van der Waals surface area contributed by atoms with E-state index in [1.54, 1.807) is 30.6 Å². The van der Waals surface area contributed by atoms with Crippen LogP contribution in [-0.4, -0.2) is 43.2 Å². The lowest BCUT2D eigenvalue weighted by Crippen LogP contribution is -2.39. The minimum atomic E-state index is -0.192. The number of carbonyl (C=O) groups excluding carboxylic acids is 1. The van der Waals surface area contributed by atoms with E-state index < -0.39 is 0 Å². The van der Waals surface area contributed by atoms with Gasteiger partial charge in [-0.1, -0.05) is 18.2 Å². The zero-order chi connectivity index (χ0) is 23.1. The summed E-state index contributed by atoms with van der Waals surface area (Å²) in [6.07, 6.45) is 3.41. The van der Waals surface area contributed by atoms with Crippen LogP contribution in [0.3, 0.4) is 0 Å². The van der Waals surface area contributed by atoms with Gasteiger partial charge in [0.2, 0.25) is 5.91 Å². The number of hydrogen-bond acceptors (Lipinski definition) is 5. The van der Waals surface area contributed by atoms with Crippen molar-refractivity contribution in [3.8, 4) is 11.5 Å². The molecule has 2 aromatic carbocycles. The fourth-order valence-electron chi connectivity index (χ4n) is 3.72. The van der Waals surface area contributed by atoms with Gasteiger partial charge in [-0.3, -0.25) is 9.69 Å². The fourth-order valence-corrected chi connectivity index (χ4v) is 4.65. The van der Waals surface area contributed by atoms with E-state index in [9.17, 15) is 4.79 Å². The number of benzene rings is 2. The third-order valence-electron chi connectivity index (χ3n) is 5.29. The van der Waals surface area contributed by atoms with Crippen LogP contribution in [0.15, 0.2) is 53.9 Å². The molecule has 0 fully saturated rings. The minimum absolute atomic E-state index is 0.192. The van der Waals surface area contributed by atoms with Crippen LogP contribution in [0.2, 0.25) is 0 Å². The van der Waals surface area contributed by atoms with Gasteiger partial charge in [-0.05, 0) is 68.3 Å². The summed E-state index contributed by atoms with van der Waals surface area (Å²) in [6.45, 7) is 10.1. The topological polar surface area (TPSA) is 50.8 Å². The van der Waals surface area contributed by atoms with Crippen LogP contribution in [0, 0.1) is 0 Å². The van der Waals surface area contributed by atoms with Crippen molar-refractivity contribution in [3.63, 3.8) is 0 Å². The number of anilines is 1. The highest BCUT2D eigenvalue weighted by Crippen LogP contribution is 2.30. The largest absolute Gasteiger partial charge is 0.493 e. The summed E-state index contributed by atoms with van der Waals surface area (Å²) < 4.78 is 12.7. The number of carbonyl (C=O) groups is 1. The highest BCUT2D eigenvalue weighted by Gasteiger charge is 2.14. The molecule has 0 aliphatic rings. The number of hydrogen-bond donors (Lipinski definition) is 1. The average molecular weight is 453 g/mol. The zero-order valence-electron chi connectivity index (χ0n) is 19.4. The molecular formula is C26H32N2O3S. The summed E-state index contributed by atoms with van der Waals surface area (Å²) in [5.41, 5.74) is 1.70. The van der Waals surface area contributed by atoms with Gasteiger partial charge in [0, 0.05) is 41.2 Å². The maximum absolute atomic E-state index is 12.5. The summed E-state index contributed by atoms with van der Waals surface area (Å²) in [4.78, 5) is 14.9. The van der Waals surface area contributed by atoms with E-state index in [0.717, 1.165) is 17.5 Å². The monoisotopic (exact) mass is 452 g/mol. The predicted octanol–water partition coefficient (Wildman–Crippen LogP) is 6.06. The molecule has 6 heteroatoms. The Morgan fingerprint density at radius 3 is 2.56 bits per heavy atom. The highest BCUT2D eigenvalue weighted by molar-refractivity contribution is 7.17. The third kappa shape index (κ3) is 6.11. The molecule has 1 heterocycles. The Balaban J connectivity index is 1.64. The summed E-state index contributed by atoms with van der Waals surface area (Å²) in [5.74, 6) is 1.07. The van der Waals surface area contributed by atoms with Gasteiger partial charge in [0.05, 0.1) is 7.11 Å². The lowest BCUT2D eigenvalue weighted by atomic mass is 10.1. The first kappa shape index (κ1) is 23.8. The third-order valence-corrected chi connectivity index (χ3v) is 6.27. The summed E-state index contributed by atoms with van der Waals surface area (Å²) in [5, 5.41) is 6.12. The second-order valence-electron chi connectivity index (χ2n) is 8.15. The highest BCUT2D eigenvalue weighted by atomic mass is 32.1. The van der Waals surface area contributed by atoms with Crippen molar-refractivity contribution in [2.24, 2.45) is 0 Å². The predicted molar refractivity (Wildman–Crippen MR) is 135 cm³/mol. The molecule has 0 saturated heterocycles. The second kappa shape index (κ2) is 11.2. The Morgan fingerprint density at radius 2 is 1.84 bits per heavy atom. The van der Waals surface area contributed by atoms with Crippen molar-refractivity contribution in [2.45, 2.75) is 39.8 Å². The van der Waals surface area contributed by atoms with Gasteiger partial charge >= 0.3 is 0 Å². The first-order valence-electron chi connectivity index (χ1n) is 10.9. The van der Waals surface area contributed by atoms with Gasteiger partial charge < -0.3 is 14.8 Å². The summed E-state index contributed by atoms with van der Waals surface area (Å²) in [6, 6.07) is 14.5. The normalized spacial score (nSPS) is 11.8. The zero-order valence-corrected chi connectivity index (χ0v) is 20.2. The molecule has 1 amide bonds. The molecule has 0 radical (unpaired) electrons. The molecule has 0 unspecified atom stereocenters. The maximum Gasteiger partial charge on any atom is 0.248 e. The van der Waals surface area contributed by atoms with Gasteiger partial charge in [-0.25, -0.2) is 0 Å². The SMILES string of the molecule is COc1ccc(NC(=O)C=Cc2csc3ccccc23)cc1OCCN(C(C)C)C(C)C. The van der Waals surface area contributed by atoms with Crippen molar-refractivity contribution < 1.29 is 14.3 Å². The first-order chi connectivity index (χ1) is 15.4. The van der Waals surface area contributed by atoms with Crippen molar-refractivity contribution in [1.29, 1.82) is 0 Å². The molecule has 3 aromatic rings. The smallest absolute Gasteiger partial charge is 0.248 e. The molecule has 0 atom stereocenters. The second-order valence-corrected chi connectivity index (χ2v) is 9.06. The van der Waals surface area contributed by atoms with E-state index >= 15 is 0 Å². The van der Waals surface area contributed by atoms with Crippen LogP contribution >= 0.6 is 11.3 Å². The Bertz CT molecular complexity index is 1060. The molecule has 1 aromatic heterocycles. The van der Waals surface area contributed by atoms with E-state index in [1.807, 2.05) is 30.3 Å². The molecule has 0 aliphatic carbocycles. The Kier molecular flexibility index (Phi) is 8.31. The molecule has 0 bridgehead atoms. The van der Waals surface area contributed by atoms with Crippen molar-refractivity contribution in [2.75, 3.05) is 25.6 Å². The molecule has 0 spiro atoms. The van der Waals surface area contributed by atoms with Gasteiger partial charge in [0.15, 0.2) is 11.5 Å². The maximum atomic E-state index is 12.5. The molecule has 0 aliphatic heterocycles. The molecule has 5 nitrogen and oxygen atoms in total. The number of fused-ring (bicyclic) bond motifs is 1. The van der Waals surface area contributed by atoms with Gasteiger partial charge in [0.25, 0.3) is 0 Å². The fraction of sp³-hybridized carbons (Fsp3) is 0.346. The number of nitrogens with zero attached hydrogens (tertiary/aromatic N) is 1. The van der Waals surface area contributed by atoms with Gasteiger partial charge in [0.1, 0.15) is 6.61 Å². The van der Waals surface area contributed by atoms with E-state index in [-0.39, 0.29) is 5.91 Å². The standard InChI is InChI=1S/C26H32N2O3S/c1-18(2)28(19(3)4)14-15-31-24-16-21(11-12-23(24)30-5)27-26(29)13-10-20-17-32-25-9-7-6-8-22(20)25/h6-13,16-19H,14-15H2,1-5H3,(H,27,29). The molecule has 1 N–H and O–H groups in total. The number of methoxy groups -OCH3 is 1. The molecule has 32 heavy (non-hydrogen) atoms. The first-order valence-corrected chi connectivity index (χ1v) is 11.8. The number of rotatable bonds is 10. The summed E-state index contributed by atoms with van der Waals surface area (Å²) in [7, 11) is 1.61. The van der Waals surface area contributed by atoms with E-state index in [0.29, 0.717) is 35.9 Å². The van der Waals surface area contributed by atoms with Gasteiger partial charge in [-0.2, -0.15) is 0 Å². The summed E-state index contributed by atoms with van der Waals surface area (Å²) >= 11 is 1.67. The Labute approximate surface area is 194 Å².